The largest absolute Gasteiger partial charge is 0.440 e. The van der Waals surface area contributed by atoms with Gasteiger partial charge in [0.15, 0.2) is 0 Å². The summed E-state index contributed by atoms with van der Waals surface area (Å²) in [6, 6.07) is 17.5. The average Bonchev–Trinajstić information content (AvgIpc) is 2.71. The standard InChI is InChI=1S/C24H20FN3O2/c1-14-6-8-16(9-7-14)13-28-15(2)10-20-22(24(28)29)21(19(12-26)23(27)30-20)17-4-3-5-18(25)11-17/h3-11,21H,13,27H2,1-2H3. The van der Waals surface area contributed by atoms with Gasteiger partial charge < -0.3 is 15.0 Å². The second-order valence-electron chi connectivity index (χ2n) is 7.42. The van der Waals surface area contributed by atoms with Crippen molar-refractivity contribution in [1.82, 2.24) is 4.57 Å². The summed E-state index contributed by atoms with van der Waals surface area (Å²) in [5.74, 6) is -1.03. The lowest BCUT2D eigenvalue weighted by Gasteiger charge is -2.27. The van der Waals surface area contributed by atoms with Crippen molar-refractivity contribution in [3.05, 3.63) is 110 Å². The Morgan fingerprint density at radius 1 is 1.17 bits per heavy atom. The zero-order chi connectivity index (χ0) is 21.4. The van der Waals surface area contributed by atoms with Gasteiger partial charge in [-0.15, -0.1) is 0 Å². The molecular weight excluding hydrogens is 381 g/mol. The highest BCUT2D eigenvalue weighted by molar-refractivity contribution is 5.55. The summed E-state index contributed by atoms with van der Waals surface area (Å²) in [6.07, 6.45) is 0. The van der Waals surface area contributed by atoms with E-state index in [1.54, 1.807) is 22.8 Å². The van der Waals surface area contributed by atoms with Crippen molar-refractivity contribution in [2.24, 2.45) is 5.73 Å². The highest BCUT2D eigenvalue weighted by Crippen LogP contribution is 2.40. The van der Waals surface area contributed by atoms with E-state index in [0.29, 0.717) is 23.6 Å². The molecule has 0 spiro atoms. The van der Waals surface area contributed by atoms with E-state index in [9.17, 15) is 14.4 Å². The lowest BCUT2D eigenvalue weighted by Crippen LogP contribution is -2.33. The molecule has 2 aromatic carbocycles. The lowest BCUT2D eigenvalue weighted by atomic mass is 9.84. The van der Waals surface area contributed by atoms with Gasteiger partial charge in [-0.25, -0.2) is 4.39 Å². The van der Waals surface area contributed by atoms with Crippen LogP contribution in [0.1, 0.15) is 33.9 Å². The Bertz CT molecular complexity index is 1270. The number of aromatic nitrogens is 1. The molecule has 5 nitrogen and oxygen atoms in total. The van der Waals surface area contributed by atoms with Gasteiger partial charge in [0.05, 0.1) is 18.0 Å². The number of hydrogen-bond acceptors (Lipinski definition) is 4. The Balaban J connectivity index is 1.92. The number of aryl methyl sites for hydroxylation is 2. The molecule has 0 saturated heterocycles. The minimum absolute atomic E-state index is 0.0747. The van der Waals surface area contributed by atoms with Gasteiger partial charge in [0.25, 0.3) is 5.56 Å². The van der Waals surface area contributed by atoms with Crippen LogP contribution in [0, 0.1) is 31.0 Å². The van der Waals surface area contributed by atoms with Crippen LogP contribution >= 0.6 is 0 Å². The summed E-state index contributed by atoms with van der Waals surface area (Å²) in [5, 5.41) is 9.69. The fourth-order valence-corrected chi connectivity index (χ4v) is 3.78. The first-order valence-corrected chi connectivity index (χ1v) is 9.52. The van der Waals surface area contributed by atoms with Gasteiger partial charge >= 0.3 is 0 Å². The molecule has 1 aromatic heterocycles. The number of halogens is 1. The Morgan fingerprint density at radius 3 is 2.57 bits per heavy atom. The molecule has 2 N–H and O–H groups in total. The van der Waals surface area contributed by atoms with E-state index >= 15 is 0 Å². The number of ether oxygens (including phenoxy) is 1. The van der Waals surface area contributed by atoms with Crippen LogP contribution in [0.15, 0.2) is 70.8 Å². The van der Waals surface area contributed by atoms with Crippen molar-refractivity contribution in [3.63, 3.8) is 0 Å². The molecule has 30 heavy (non-hydrogen) atoms. The molecule has 0 aliphatic carbocycles. The van der Waals surface area contributed by atoms with E-state index in [2.05, 4.69) is 0 Å². The molecule has 0 radical (unpaired) electrons. The predicted octanol–water partition coefficient (Wildman–Crippen LogP) is 3.87. The van der Waals surface area contributed by atoms with Crippen LogP contribution in [0.5, 0.6) is 5.75 Å². The Morgan fingerprint density at radius 2 is 1.90 bits per heavy atom. The quantitative estimate of drug-likeness (QED) is 0.722. The number of nitrogens with two attached hydrogens (primary N) is 1. The van der Waals surface area contributed by atoms with Crippen LogP contribution in [0.25, 0.3) is 0 Å². The third-order valence-electron chi connectivity index (χ3n) is 5.33. The highest BCUT2D eigenvalue weighted by Gasteiger charge is 2.34. The van der Waals surface area contributed by atoms with Gasteiger partial charge in [-0.05, 0) is 37.1 Å². The first kappa shape index (κ1) is 19.5. The number of pyridine rings is 1. The maximum Gasteiger partial charge on any atom is 0.259 e. The first-order valence-electron chi connectivity index (χ1n) is 9.52. The van der Waals surface area contributed by atoms with Gasteiger partial charge in [0, 0.05) is 11.8 Å². The van der Waals surface area contributed by atoms with E-state index in [-0.39, 0.29) is 22.6 Å². The normalized spacial score (nSPS) is 15.3. The Labute approximate surface area is 173 Å². The number of fused-ring (bicyclic) bond motifs is 1. The lowest BCUT2D eigenvalue weighted by molar-refractivity contribution is 0.388. The van der Waals surface area contributed by atoms with Crippen LogP contribution in [0.2, 0.25) is 0 Å². The molecule has 1 atom stereocenters. The summed E-state index contributed by atoms with van der Waals surface area (Å²) in [6.45, 7) is 4.19. The van der Waals surface area contributed by atoms with Crippen LogP contribution < -0.4 is 16.0 Å². The van der Waals surface area contributed by atoms with Gasteiger partial charge in [0.1, 0.15) is 23.2 Å². The summed E-state index contributed by atoms with van der Waals surface area (Å²) >= 11 is 0. The smallest absolute Gasteiger partial charge is 0.259 e. The van der Waals surface area contributed by atoms with E-state index in [1.807, 2.05) is 44.2 Å². The monoisotopic (exact) mass is 401 g/mol. The molecule has 1 unspecified atom stereocenters. The fraction of sp³-hybridized carbons (Fsp3) is 0.167. The molecule has 1 aliphatic heterocycles. The van der Waals surface area contributed by atoms with Gasteiger partial charge in [-0.1, -0.05) is 42.0 Å². The summed E-state index contributed by atoms with van der Waals surface area (Å²) in [5.41, 5.74) is 9.34. The highest BCUT2D eigenvalue weighted by atomic mass is 19.1. The molecule has 150 valence electrons. The van der Waals surface area contributed by atoms with Crippen molar-refractivity contribution >= 4 is 0 Å². The van der Waals surface area contributed by atoms with Gasteiger partial charge in [-0.2, -0.15) is 5.26 Å². The van der Waals surface area contributed by atoms with E-state index in [4.69, 9.17) is 10.5 Å². The van der Waals surface area contributed by atoms with Crippen LogP contribution in [0.4, 0.5) is 4.39 Å². The summed E-state index contributed by atoms with van der Waals surface area (Å²) < 4.78 is 21.2. The minimum atomic E-state index is -0.799. The van der Waals surface area contributed by atoms with Crippen molar-refractivity contribution in [2.75, 3.05) is 0 Å². The third kappa shape index (κ3) is 3.35. The Kier molecular flexibility index (Phi) is 4.88. The number of hydrogen-bond donors (Lipinski definition) is 1. The maximum absolute atomic E-state index is 13.9. The SMILES string of the molecule is Cc1ccc(Cn2c(C)cc3c(c2=O)C(c2cccc(F)c2)C(C#N)=C(N)O3)cc1. The van der Waals surface area contributed by atoms with E-state index in [0.717, 1.165) is 11.1 Å². The predicted molar refractivity (Wildman–Crippen MR) is 111 cm³/mol. The van der Waals surface area contributed by atoms with Crippen molar-refractivity contribution in [1.29, 1.82) is 5.26 Å². The fourth-order valence-electron chi connectivity index (χ4n) is 3.78. The Hall–Kier alpha value is -3.85. The van der Waals surface area contributed by atoms with E-state index < -0.39 is 11.7 Å². The summed E-state index contributed by atoms with van der Waals surface area (Å²) in [7, 11) is 0. The number of nitrogens with zero attached hydrogens (tertiary/aromatic N) is 2. The number of rotatable bonds is 3. The number of allylic oxidation sites excluding steroid dienone is 1. The van der Waals surface area contributed by atoms with Crippen molar-refractivity contribution in [2.45, 2.75) is 26.3 Å². The number of nitriles is 1. The van der Waals surface area contributed by atoms with Crippen LogP contribution in [0.3, 0.4) is 0 Å². The van der Waals surface area contributed by atoms with Crippen molar-refractivity contribution < 1.29 is 9.13 Å². The van der Waals surface area contributed by atoms with Gasteiger partial charge in [-0.3, -0.25) is 4.79 Å². The van der Waals surface area contributed by atoms with Gasteiger partial charge in [0.2, 0.25) is 5.88 Å². The second-order valence-corrected chi connectivity index (χ2v) is 7.42. The molecule has 4 rings (SSSR count). The maximum atomic E-state index is 13.9. The molecule has 0 saturated carbocycles. The molecule has 2 heterocycles. The first-order chi connectivity index (χ1) is 14.4. The van der Waals surface area contributed by atoms with Crippen LogP contribution in [-0.2, 0) is 6.54 Å². The molecule has 0 bridgehead atoms. The zero-order valence-corrected chi connectivity index (χ0v) is 16.6. The molecular formula is C24H20FN3O2. The molecule has 3 aromatic rings. The minimum Gasteiger partial charge on any atom is -0.440 e. The van der Waals surface area contributed by atoms with Crippen molar-refractivity contribution in [3.8, 4) is 11.8 Å². The zero-order valence-electron chi connectivity index (χ0n) is 16.6. The molecule has 0 amide bonds. The summed E-state index contributed by atoms with van der Waals surface area (Å²) in [4.78, 5) is 13.6. The molecule has 1 aliphatic rings. The third-order valence-corrected chi connectivity index (χ3v) is 5.33. The molecule has 6 heteroatoms. The van der Waals surface area contributed by atoms with E-state index in [1.165, 1.54) is 12.1 Å². The number of benzene rings is 2. The molecule has 0 fully saturated rings. The van der Waals surface area contributed by atoms with Crippen LogP contribution in [-0.4, -0.2) is 4.57 Å². The topological polar surface area (TPSA) is 81.0 Å². The second kappa shape index (κ2) is 7.53. The average molecular weight is 401 g/mol.